The third kappa shape index (κ3) is 3.86. The van der Waals surface area contributed by atoms with Gasteiger partial charge in [0.2, 0.25) is 5.91 Å². The molecule has 1 aliphatic heterocycles. The highest BCUT2D eigenvalue weighted by Gasteiger charge is 2.43. The molecule has 2 aliphatic rings. The maximum absolute atomic E-state index is 12.0. The zero-order valence-electron chi connectivity index (χ0n) is 14.6. The number of hydrogen-bond donors (Lipinski definition) is 2. The molecule has 1 aliphatic carbocycles. The number of amides is 1. The number of aromatic nitrogens is 1. The van der Waals surface area contributed by atoms with E-state index in [1.165, 1.54) is 25.7 Å². The van der Waals surface area contributed by atoms with Gasteiger partial charge in [-0.1, -0.05) is 12.5 Å². The Morgan fingerprint density at radius 1 is 1.38 bits per heavy atom. The van der Waals surface area contributed by atoms with E-state index in [-0.39, 0.29) is 5.91 Å². The Hall–Kier alpha value is -2.11. The van der Waals surface area contributed by atoms with E-state index in [1.54, 1.807) is 6.20 Å². The zero-order chi connectivity index (χ0) is 17.0. The number of likely N-dealkylation sites (tertiary alicyclic amines) is 1. The van der Waals surface area contributed by atoms with Crippen molar-refractivity contribution in [1.82, 2.24) is 15.2 Å². The number of carbonyl (C=O) groups excluding carboxylic acids is 1. The van der Waals surface area contributed by atoms with Crippen LogP contribution in [0.1, 0.15) is 37.7 Å². The van der Waals surface area contributed by atoms with E-state index in [9.17, 15) is 4.79 Å². The summed E-state index contributed by atoms with van der Waals surface area (Å²) in [6.07, 6.45) is 7.49. The van der Waals surface area contributed by atoms with Crippen molar-refractivity contribution in [1.29, 1.82) is 0 Å². The Bertz CT molecular complexity index is 606. The van der Waals surface area contributed by atoms with E-state index in [1.807, 2.05) is 26.1 Å². The van der Waals surface area contributed by atoms with E-state index in [0.29, 0.717) is 24.2 Å². The van der Waals surface area contributed by atoms with Gasteiger partial charge in [-0.2, -0.15) is 0 Å². The number of aliphatic imine (C=N–C) groups is 1. The van der Waals surface area contributed by atoms with Crippen molar-refractivity contribution in [2.24, 2.45) is 10.4 Å². The summed E-state index contributed by atoms with van der Waals surface area (Å²) in [4.78, 5) is 22.9. The molecule has 2 fully saturated rings. The van der Waals surface area contributed by atoms with Gasteiger partial charge in [-0.15, -0.1) is 0 Å². The number of anilines is 1. The minimum atomic E-state index is -0.0359. The van der Waals surface area contributed by atoms with E-state index < -0.39 is 0 Å². The quantitative estimate of drug-likeness (QED) is 0.656. The van der Waals surface area contributed by atoms with Crippen LogP contribution in [0.3, 0.4) is 0 Å². The average molecular weight is 329 g/mol. The first kappa shape index (κ1) is 16.7. The smallest absolute Gasteiger partial charge is 0.227 e. The SMILES string of the molecule is CN=C(NCCC(=O)Nc1ccc(C)cn1)N1CCC2(CCC2)C1. The predicted molar refractivity (Wildman–Crippen MR) is 96.1 cm³/mol. The van der Waals surface area contributed by atoms with Crippen LogP contribution in [-0.2, 0) is 4.79 Å². The number of nitrogens with zero attached hydrogens (tertiary/aromatic N) is 3. The van der Waals surface area contributed by atoms with Crippen LogP contribution in [0.25, 0.3) is 0 Å². The number of rotatable bonds is 4. The summed E-state index contributed by atoms with van der Waals surface area (Å²) in [5.41, 5.74) is 1.62. The number of nitrogens with one attached hydrogen (secondary N) is 2. The second kappa shape index (κ2) is 7.20. The third-order valence-corrected chi connectivity index (χ3v) is 5.18. The Morgan fingerprint density at radius 2 is 2.21 bits per heavy atom. The van der Waals surface area contributed by atoms with Gasteiger partial charge in [-0.05, 0) is 43.2 Å². The van der Waals surface area contributed by atoms with Crippen LogP contribution < -0.4 is 10.6 Å². The second-order valence-electron chi connectivity index (χ2n) is 7.02. The minimum absolute atomic E-state index is 0.0359. The van der Waals surface area contributed by atoms with Gasteiger partial charge in [0.05, 0.1) is 0 Å². The average Bonchev–Trinajstić information content (AvgIpc) is 2.99. The molecule has 0 aromatic carbocycles. The van der Waals surface area contributed by atoms with E-state index in [2.05, 4.69) is 25.5 Å². The van der Waals surface area contributed by atoms with Gasteiger partial charge in [0, 0.05) is 39.3 Å². The molecule has 0 unspecified atom stereocenters. The summed E-state index contributed by atoms with van der Waals surface area (Å²) in [7, 11) is 1.81. The Labute approximate surface area is 143 Å². The van der Waals surface area contributed by atoms with Crippen LogP contribution in [-0.4, -0.2) is 48.4 Å². The lowest BCUT2D eigenvalue weighted by Crippen LogP contribution is -2.43. The molecule has 1 saturated heterocycles. The summed E-state index contributed by atoms with van der Waals surface area (Å²) < 4.78 is 0. The highest BCUT2D eigenvalue weighted by Crippen LogP contribution is 2.47. The molecular weight excluding hydrogens is 302 g/mol. The van der Waals surface area contributed by atoms with E-state index in [4.69, 9.17) is 0 Å². The lowest BCUT2D eigenvalue weighted by atomic mass is 9.68. The topological polar surface area (TPSA) is 69.6 Å². The van der Waals surface area contributed by atoms with Crippen LogP contribution >= 0.6 is 0 Å². The lowest BCUT2D eigenvalue weighted by Gasteiger charge is -2.38. The number of aryl methyl sites for hydroxylation is 1. The predicted octanol–water partition coefficient (Wildman–Crippen LogP) is 2.17. The molecule has 2 heterocycles. The van der Waals surface area contributed by atoms with Crippen LogP contribution in [0, 0.1) is 12.3 Å². The standard InChI is InChI=1S/C18H27N5O/c1-14-4-5-15(21-12-14)22-16(24)6-10-20-17(19-2)23-11-9-18(13-23)7-3-8-18/h4-5,12H,3,6-11,13H2,1-2H3,(H,19,20)(H,21,22,24). The maximum Gasteiger partial charge on any atom is 0.227 e. The van der Waals surface area contributed by atoms with Crippen LogP contribution in [0.4, 0.5) is 5.82 Å². The van der Waals surface area contributed by atoms with Crippen molar-refractivity contribution in [3.05, 3.63) is 23.9 Å². The monoisotopic (exact) mass is 329 g/mol. The first-order valence-corrected chi connectivity index (χ1v) is 8.78. The molecular formula is C18H27N5O. The number of hydrogen-bond acceptors (Lipinski definition) is 3. The van der Waals surface area contributed by atoms with Gasteiger partial charge in [-0.3, -0.25) is 9.79 Å². The zero-order valence-corrected chi connectivity index (χ0v) is 14.6. The van der Waals surface area contributed by atoms with Crippen molar-refractivity contribution in [2.45, 2.75) is 39.0 Å². The first-order chi connectivity index (χ1) is 11.6. The summed E-state index contributed by atoms with van der Waals surface area (Å²) in [6.45, 7) is 4.72. The Morgan fingerprint density at radius 3 is 2.79 bits per heavy atom. The molecule has 0 bridgehead atoms. The molecule has 6 nitrogen and oxygen atoms in total. The first-order valence-electron chi connectivity index (χ1n) is 8.78. The number of guanidine groups is 1. The van der Waals surface area contributed by atoms with Gasteiger partial charge in [-0.25, -0.2) is 4.98 Å². The Balaban J connectivity index is 1.41. The van der Waals surface area contributed by atoms with E-state index in [0.717, 1.165) is 24.6 Å². The third-order valence-electron chi connectivity index (χ3n) is 5.18. The van der Waals surface area contributed by atoms with Crippen LogP contribution in [0.2, 0.25) is 0 Å². The largest absolute Gasteiger partial charge is 0.356 e. The normalized spacial score (nSPS) is 19.2. The molecule has 130 valence electrons. The van der Waals surface area contributed by atoms with Gasteiger partial charge in [0.15, 0.2) is 5.96 Å². The van der Waals surface area contributed by atoms with Crippen molar-refractivity contribution in [2.75, 3.05) is 32.0 Å². The fraction of sp³-hybridized carbons (Fsp3) is 0.611. The van der Waals surface area contributed by atoms with Crippen molar-refractivity contribution in [3.8, 4) is 0 Å². The highest BCUT2D eigenvalue weighted by atomic mass is 16.1. The fourth-order valence-electron chi connectivity index (χ4n) is 3.57. The van der Waals surface area contributed by atoms with Gasteiger partial charge in [0.1, 0.15) is 5.82 Å². The maximum atomic E-state index is 12.0. The number of pyridine rings is 1. The molecule has 24 heavy (non-hydrogen) atoms. The van der Waals surface area contributed by atoms with Crippen LogP contribution in [0.5, 0.6) is 0 Å². The molecule has 1 amide bonds. The van der Waals surface area contributed by atoms with Crippen LogP contribution in [0.15, 0.2) is 23.3 Å². The fourth-order valence-corrected chi connectivity index (χ4v) is 3.57. The second-order valence-corrected chi connectivity index (χ2v) is 7.02. The molecule has 0 radical (unpaired) electrons. The summed E-state index contributed by atoms with van der Waals surface area (Å²) >= 11 is 0. The van der Waals surface area contributed by atoms with Crippen molar-refractivity contribution < 1.29 is 4.79 Å². The van der Waals surface area contributed by atoms with E-state index >= 15 is 0 Å². The van der Waals surface area contributed by atoms with Gasteiger partial charge >= 0.3 is 0 Å². The molecule has 3 rings (SSSR count). The minimum Gasteiger partial charge on any atom is -0.356 e. The Kier molecular flexibility index (Phi) is 5.02. The lowest BCUT2D eigenvalue weighted by molar-refractivity contribution is -0.116. The molecule has 1 aromatic heterocycles. The molecule has 1 aromatic rings. The number of carbonyl (C=O) groups is 1. The molecule has 1 spiro atoms. The summed E-state index contributed by atoms with van der Waals surface area (Å²) in [5, 5.41) is 6.14. The van der Waals surface area contributed by atoms with Gasteiger partial charge < -0.3 is 15.5 Å². The molecule has 1 saturated carbocycles. The highest BCUT2D eigenvalue weighted by molar-refractivity contribution is 5.90. The summed E-state index contributed by atoms with van der Waals surface area (Å²) in [5.74, 6) is 1.48. The van der Waals surface area contributed by atoms with Crippen molar-refractivity contribution in [3.63, 3.8) is 0 Å². The summed E-state index contributed by atoms with van der Waals surface area (Å²) in [6, 6.07) is 3.76. The molecule has 2 N–H and O–H groups in total. The molecule has 6 heteroatoms. The van der Waals surface area contributed by atoms with Crippen molar-refractivity contribution >= 4 is 17.7 Å². The molecule has 0 atom stereocenters. The van der Waals surface area contributed by atoms with Gasteiger partial charge in [0.25, 0.3) is 0 Å².